The number of carbonyl (C=O) groups excluding carboxylic acids is 1. The summed E-state index contributed by atoms with van der Waals surface area (Å²) < 4.78 is 8.39. The largest absolute Gasteiger partial charge is 0.462 e. The molecule has 140 valence electrons. The van der Waals surface area contributed by atoms with E-state index >= 15 is 0 Å². The van der Waals surface area contributed by atoms with Crippen molar-refractivity contribution in [1.82, 2.24) is 4.57 Å². The molecule has 3 atom stereocenters. The van der Waals surface area contributed by atoms with Crippen molar-refractivity contribution < 1.29 is 9.53 Å². The van der Waals surface area contributed by atoms with E-state index in [1.165, 1.54) is 29.4 Å². The predicted octanol–water partition coefficient (Wildman–Crippen LogP) is 5.35. The Morgan fingerprint density at radius 3 is 2.88 bits per heavy atom. The van der Waals surface area contributed by atoms with Crippen LogP contribution in [0.25, 0.3) is 10.9 Å². The summed E-state index contributed by atoms with van der Waals surface area (Å²) in [6.45, 7) is 7.86. The van der Waals surface area contributed by atoms with Crippen molar-refractivity contribution in [2.24, 2.45) is 17.3 Å². The van der Waals surface area contributed by atoms with Gasteiger partial charge in [-0.3, -0.25) is 4.79 Å². The minimum absolute atomic E-state index is 0.0130. The number of aromatic nitrogens is 1. The Bertz CT molecular complexity index is 806. The summed E-state index contributed by atoms with van der Waals surface area (Å²) in [4.78, 5) is 12.8. The number of hydrogen-bond acceptors (Lipinski definition) is 2. The first kappa shape index (κ1) is 17.6. The second-order valence-corrected chi connectivity index (χ2v) is 9.00. The standard InChI is InChI=1S/C23H31NO2/c1-16(2)23(3)11-6-8-20(15-23)26-22(25)18-10-12-24-19(14-18)13-17-7-4-5-9-21(17)24/h4-5,7,9,13,16,18,20H,6,8,10-12,14-15H2,1-3H3/t18-,20?,23?/m0/s1. The Morgan fingerprint density at radius 1 is 1.27 bits per heavy atom. The van der Waals surface area contributed by atoms with Crippen LogP contribution in [0, 0.1) is 17.3 Å². The highest BCUT2D eigenvalue weighted by atomic mass is 16.5. The highest BCUT2D eigenvalue weighted by molar-refractivity contribution is 5.82. The Labute approximate surface area is 156 Å². The lowest BCUT2D eigenvalue weighted by molar-refractivity contribution is -0.159. The maximum absolute atomic E-state index is 12.8. The lowest BCUT2D eigenvalue weighted by atomic mass is 9.67. The van der Waals surface area contributed by atoms with Crippen LogP contribution in [0.4, 0.5) is 0 Å². The molecule has 0 radical (unpaired) electrons. The molecule has 2 unspecified atom stereocenters. The first-order valence-corrected chi connectivity index (χ1v) is 10.2. The van der Waals surface area contributed by atoms with Gasteiger partial charge in [-0.05, 0) is 61.0 Å². The first-order chi connectivity index (χ1) is 12.5. The van der Waals surface area contributed by atoms with E-state index in [4.69, 9.17) is 4.74 Å². The van der Waals surface area contributed by atoms with E-state index in [9.17, 15) is 4.79 Å². The average molecular weight is 354 g/mol. The number of fused-ring (bicyclic) bond motifs is 3. The molecule has 2 aromatic rings. The molecule has 26 heavy (non-hydrogen) atoms. The van der Waals surface area contributed by atoms with Gasteiger partial charge in [-0.15, -0.1) is 0 Å². The van der Waals surface area contributed by atoms with E-state index in [1.807, 2.05) is 0 Å². The van der Waals surface area contributed by atoms with Crippen molar-refractivity contribution in [3.05, 3.63) is 36.0 Å². The van der Waals surface area contributed by atoms with E-state index in [2.05, 4.69) is 55.7 Å². The van der Waals surface area contributed by atoms with Crippen molar-refractivity contribution in [3.63, 3.8) is 0 Å². The number of aryl methyl sites for hydroxylation is 1. The molecular weight excluding hydrogens is 322 g/mol. The van der Waals surface area contributed by atoms with Gasteiger partial charge in [0.15, 0.2) is 0 Å². The van der Waals surface area contributed by atoms with E-state index in [1.54, 1.807) is 0 Å². The molecule has 0 saturated heterocycles. The number of ether oxygens (including phenoxy) is 1. The summed E-state index contributed by atoms with van der Waals surface area (Å²) in [6.07, 6.45) is 6.27. The number of hydrogen-bond donors (Lipinski definition) is 0. The van der Waals surface area contributed by atoms with Crippen LogP contribution in [0.3, 0.4) is 0 Å². The Kier molecular flexibility index (Phi) is 4.58. The molecule has 3 nitrogen and oxygen atoms in total. The van der Waals surface area contributed by atoms with E-state index in [0.29, 0.717) is 11.3 Å². The van der Waals surface area contributed by atoms with E-state index < -0.39 is 0 Å². The molecule has 1 aromatic carbocycles. The molecule has 4 rings (SSSR count). The van der Waals surface area contributed by atoms with Gasteiger partial charge in [-0.1, -0.05) is 39.0 Å². The number of rotatable bonds is 3. The molecule has 1 saturated carbocycles. The van der Waals surface area contributed by atoms with Gasteiger partial charge in [-0.25, -0.2) is 0 Å². The van der Waals surface area contributed by atoms with Gasteiger partial charge in [-0.2, -0.15) is 0 Å². The van der Waals surface area contributed by atoms with Crippen LogP contribution in [0.1, 0.15) is 58.6 Å². The maximum atomic E-state index is 12.8. The van der Waals surface area contributed by atoms with Gasteiger partial charge in [0.25, 0.3) is 0 Å². The molecule has 1 fully saturated rings. The van der Waals surface area contributed by atoms with Crippen LogP contribution in [-0.2, 0) is 22.5 Å². The quantitative estimate of drug-likeness (QED) is 0.696. The van der Waals surface area contributed by atoms with Crippen molar-refractivity contribution in [3.8, 4) is 0 Å². The zero-order valence-electron chi connectivity index (χ0n) is 16.3. The van der Waals surface area contributed by atoms with E-state index in [0.717, 1.165) is 32.2 Å². The smallest absolute Gasteiger partial charge is 0.309 e. The zero-order valence-corrected chi connectivity index (χ0v) is 16.3. The van der Waals surface area contributed by atoms with Crippen LogP contribution in [0.5, 0.6) is 0 Å². The summed E-state index contributed by atoms with van der Waals surface area (Å²) in [6, 6.07) is 10.7. The van der Waals surface area contributed by atoms with Crippen molar-refractivity contribution >= 4 is 16.9 Å². The van der Waals surface area contributed by atoms with Crippen molar-refractivity contribution in [2.45, 2.75) is 71.9 Å². The van der Waals surface area contributed by atoms with Crippen molar-refractivity contribution in [1.29, 1.82) is 0 Å². The molecule has 0 amide bonds. The van der Waals surface area contributed by atoms with Crippen LogP contribution in [-0.4, -0.2) is 16.6 Å². The molecule has 0 bridgehead atoms. The minimum Gasteiger partial charge on any atom is -0.462 e. The SMILES string of the molecule is CC(C)C1(C)CCCC(OC(=O)[C@H]2CCn3c(cc4ccccc43)C2)C1. The van der Waals surface area contributed by atoms with Crippen molar-refractivity contribution in [2.75, 3.05) is 0 Å². The Morgan fingerprint density at radius 2 is 2.08 bits per heavy atom. The third-order valence-corrected chi connectivity index (χ3v) is 7.03. The third kappa shape index (κ3) is 3.17. The number of benzene rings is 1. The predicted molar refractivity (Wildman–Crippen MR) is 105 cm³/mol. The number of esters is 1. The number of para-hydroxylation sites is 1. The molecule has 1 aromatic heterocycles. The first-order valence-electron chi connectivity index (χ1n) is 10.2. The fraction of sp³-hybridized carbons (Fsp3) is 0.609. The van der Waals surface area contributed by atoms with Crippen LogP contribution in [0.2, 0.25) is 0 Å². The molecule has 2 heterocycles. The summed E-state index contributed by atoms with van der Waals surface area (Å²) in [5.74, 6) is 0.674. The fourth-order valence-corrected chi connectivity index (χ4v) is 4.88. The van der Waals surface area contributed by atoms with Gasteiger partial charge in [0.2, 0.25) is 0 Å². The number of carbonyl (C=O) groups is 1. The van der Waals surface area contributed by atoms with Crippen LogP contribution >= 0.6 is 0 Å². The van der Waals surface area contributed by atoms with E-state index in [-0.39, 0.29) is 18.0 Å². The number of nitrogens with zero attached hydrogens (tertiary/aromatic N) is 1. The highest BCUT2D eigenvalue weighted by Crippen LogP contribution is 2.43. The molecule has 1 aliphatic carbocycles. The normalized spacial score (nSPS) is 28.9. The zero-order chi connectivity index (χ0) is 18.3. The van der Waals surface area contributed by atoms with Gasteiger partial charge in [0, 0.05) is 24.2 Å². The second kappa shape index (κ2) is 6.75. The van der Waals surface area contributed by atoms with Gasteiger partial charge in [0.1, 0.15) is 6.10 Å². The van der Waals surface area contributed by atoms with Crippen LogP contribution in [0.15, 0.2) is 30.3 Å². The third-order valence-electron chi connectivity index (χ3n) is 7.03. The van der Waals surface area contributed by atoms with Crippen LogP contribution < -0.4 is 0 Å². The molecule has 3 heteroatoms. The summed E-state index contributed by atoms with van der Waals surface area (Å²) >= 11 is 0. The maximum Gasteiger partial charge on any atom is 0.309 e. The lowest BCUT2D eigenvalue weighted by Gasteiger charge is -2.41. The lowest BCUT2D eigenvalue weighted by Crippen LogP contribution is -2.37. The molecule has 1 aliphatic heterocycles. The summed E-state index contributed by atoms with van der Waals surface area (Å²) in [5.41, 5.74) is 2.87. The Hall–Kier alpha value is -1.77. The summed E-state index contributed by atoms with van der Waals surface area (Å²) in [5, 5.41) is 1.27. The minimum atomic E-state index is 0.0130. The van der Waals surface area contributed by atoms with Gasteiger partial charge >= 0.3 is 5.97 Å². The summed E-state index contributed by atoms with van der Waals surface area (Å²) in [7, 11) is 0. The second-order valence-electron chi connectivity index (χ2n) is 9.00. The Balaban J connectivity index is 1.43. The highest BCUT2D eigenvalue weighted by Gasteiger charge is 2.37. The molecule has 2 aliphatic rings. The average Bonchev–Trinajstić information content (AvgIpc) is 2.99. The topological polar surface area (TPSA) is 31.2 Å². The van der Waals surface area contributed by atoms with Gasteiger partial charge < -0.3 is 9.30 Å². The molecule has 0 spiro atoms. The molecular formula is C23H31NO2. The molecule has 0 N–H and O–H groups in total. The van der Waals surface area contributed by atoms with Gasteiger partial charge in [0.05, 0.1) is 5.92 Å². The monoisotopic (exact) mass is 353 g/mol. The fourth-order valence-electron chi connectivity index (χ4n) is 4.88.